The molecule has 1 saturated carbocycles. The van der Waals surface area contributed by atoms with Crippen molar-refractivity contribution < 1.29 is 139 Å². The normalized spacial score (nSPS) is 16.3. The first-order valence-electron chi connectivity index (χ1n) is 38.9. The summed E-state index contributed by atoms with van der Waals surface area (Å²) >= 11 is 0. The SMILES string of the molecule is COC(=O)CN1CCN(COC=O)CCN(CC(=O)OC)CCN(CC(=O)N[C@@H](CC(=O)O)C(=O)N[C@@H](CC2CCCCC2)C(=O)NC(Cc2ccccc2)C(=O)NC(CO)C(=O)NC(CCCN=C(N)N)C(=O)N[C@@H](Cc2ccc(O)cc2)C(=O)N[C@@H](CC(C)C)C(=O)N[C@@H](Cc2c[nH]c3ccccc23)C(=O)N[C@@H](CO)C(N)=O)CC1.[177Lu]. The number of guanidine groups is 1. The smallest absolute Gasteiger partial charge is 0.319 e. The van der Waals surface area contributed by atoms with Crippen LogP contribution in [0.2, 0.25) is 0 Å². The maximum absolute atomic E-state index is 15.0. The van der Waals surface area contributed by atoms with Crippen molar-refractivity contribution in [3.05, 3.63) is 102 Å². The number of carboxylic acids is 1. The molecule has 9 atom stereocenters. The number of ether oxygens (including phenoxy) is 3. The largest absolute Gasteiger partial charge is 0.508 e. The summed E-state index contributed by atoms with van der Waals surface area (Å²) in [6.45, 7) is 2.72. The van der Waals surface area contributed by atoms with Gasteiger partial charge in [0.15, 0.2) is 5.96 Å². The second-order valence-corrected chi connectivity index (χ2v) is 29.4. The standard InChI is InChI=1S/C78H114N18O21.Lu/c1-48(2)34-57(71(108)90-61(75(112)91-63(44-97)69(79)106)38-52-40-83-55-19-12-11-18-54(52)55)86-72(109)60(37-51-21-23-53(100)24-22-51)87-70(107)56(20-13-25-82-78(80)81)85-77(114)64(45-98)92-74(111)59(36-50-16-9-6-10-17-50)88-73(110)58(35-49-14-7-5-8-15-49)89-76(113)62(39-66(102)103)84-65(101)41-93-26-28-94(42-67(104)115-3)30-32-96(46-117-47-99)33-31-95(29-27-93)43-68(105)116-4;/h6,9-12,16-19,21-24,40,47-49,56-64,83,97-98,100H,5,7-8,13-15,20,25-39,41-46H2,1-4H3,(H2,79,106)(H,84,101)(H,85,114)(H,86,109)(H,87,107)(H,88,110)(H,89,113)(H,90,108)(H,91,112)(H,92,111)(H,102,103)(H4,80,81,82);/t56?,57-,58-,59?,60-,61-,62-,63-,64?;/m0./s1/i;1+2. The Kier molecular flexibility index (Phi) is 43.3. The molecule has 657 valence electrons. The van der Waals surface area contributed by atoms with Crippen LogP contribution < -0.4 is 65.1 Å². The molecule has 2 fully saturated rings. The van der Waals surface area contributed by atoms with E-state index >= 15 is 4.79 Å². The van der Waals surface area contributed by atoms with Gasteiger partial charge in [-0.25, -0.2) is 0 Å². The van der Waals surface area contributed by atoms with Gasteiger partial charge >= 0.3 is 17.9 Å². The number of methoxy groups -OCH3 is 2. The topological polar surface area (TPSA) is 575 Å². The van der Waals surface area contributed by atoms with Crippen molar-refractivity contribution in [3.8, 4) is 5.75 Å². The Balaban J connectivity index is 0.0000248. The molecule has 0 bridgehead atoms. The average molecular weight is 1820 g/mol. The van der Waals surface area contributed by atoms with Crippen molar-refractivity contribution in [3.63, 3.8) is 0 Å². The van der Waals surface area contributed by atoms with Gasteiger partial charge in [-0.1, -0.05) is 107 Å². The number of aliphatic carboxylic acids is 1. The molecule has 39 nitrogen and oxygen atoms in total. The number of aromatic nitrogens is 1. The van der Waals surface area contributed by atoms with E-state index in [1.807, 2.05) is 4.90 Å². The molecule has 3 aromatic carbocycles. The first kappa shape index (κ1) is 98.4. The number of hydrogen-bond acceptors (Lipinski definition) is 25. The van der Waals surface area contributed by atoms with E-state index in [2.05, 4.69) is 57.8 Å². The summed E-state index contributed by atoms with van der Waals surface area (Å²) in [7, 11) is 2.46. The van der Waals surface area contributed by atoms with E-state index in [-0.39, 0.29) is 171 Å². The van der Waals surface area contributed by atoms with Gasteiger partial charge in [0, 0.05) is 132 Å². The Labute approximate surface area is 713 Å². The van der Waals surface area contributed by atoms with Crippen molar-refractivity contribution in [1.82, 2.24) is 72.4 Å². The van der Waals surface area contributed by atoms with Gasteiger partial charge in [0.2, 0.25) is 59.1 Å². The number of aliphatic hydroxyl groups excluding tert-OH is 2. The van der Waals surface area contributed by atoms with Crippen LogP contribution in [0.25, 0.3) is 10.9 Å². The minimum atomic E-state index is -1.88. The van der Waals surface area contributed by atoms with Gasteiger partial charge in [-0.05, 0) is 72.4 Å². The summed E-state index contributed by atoms with van der Waals surface area (Å²) in [5.74, 6) is -13.3. The first-order valence-corrected chi connectivity index (χ1v) is 38.9. The van der Waals surface area contributed by atoms with Crippen LogP contribution in [-0.2, 0) is 101 Å². The summed E-state index contributed by atoms with van der Waals surface area (Å²) in [6.07, 6.45) is 3.40. The molecular formula is C78H114LuN18O21. The number of amides is 10. The number of aliphatic hydroxyl groups is 2. The number of carboxylic acid groups (broad SMARTS) is 1. The molecule has 4 aromatic rings. The number of rotatable bonds is 45. The molecular weight excluding hydrogens is 1700 g/mol. The van der Waals surface area contributed by atoms with E-state index in [0.717, 1.165) is 19.3 Å². The Morgan fingerprint density at radius 2 is 0.983 bits per heavy atom. The minimum Gasteiger partial charge on any atom is -0.508 e. The number of phenolic OH excluding ortho intramolecular Hbond substituents is 1. The molecule has 1 radical (unpaired) electrons. The number of hydrogen-bond donors (Lipinski definition) is 17. The van der Waals surface area contributed by atoms with Gasteiger partial charge in [-0.15, -0.1) is 0 Å². The third-order valence-electron chi connectivity index (χ3n) is 20.0. The van der Waals surface area contributed by atoms with E-state index in [1.165, 1.54) is 38.5 Å². The van der Waals surface area contributed by atoms with Gasteiger partial charge in [-0.2, -0.15) is 0 Å². The van der Waals surface area contributed by atoms with Gasteiger partial charge in [0.05, 0.1) is 53.5 Å². The van der Waals surface area contributed by atoms with Crippen LogP contribution in [0.4, 0.5) is 0 Å². The Morgan fingerprint density at radius 1 is 0.534 bits per heavy atom. The minimum absolute atomic E-state index is 0. The Bertz CT molecular complexity index is 3950. The number of fused-ring (bicyclic) bond motifs is 1. The van der Waals surface area contributed by atoms with Crippen molar-refractivity contribution in [2.24, 2.45) is 34.0 Å². The molecule has 2 heterocycles. The molecule has 0 spiro atoms. The van der Waals surface area contributed by atoms with Gasteiger partial charge in [0.1, 0.15) is 66.9 Å². The predicted molar refractivity (Wildman–Crippen MR) is 424 cm³/mol. The number of aliphatic imine (C=N–C) groups is 1. The summed E-state index contributed by atoms with van der Waals surface area (Å²) < 4.78 is 14.9. The van der Waals surface area contributed by atoms with Gasteiger partial charge in [-0.3, -0.25) is 91.7 Å². The molecule has 2 aliphatic rings. The zero-order valence-corrected chi connectivity index (χ0v) is 68.4. The quantitative estimate of drug-likeness (QED) is 0.00501. The van der Waals surface area contributed by atoms with Crippen molar-refractivity contribution in [2.45, 2.75) is 152 Å². The molecule has 6 rings (SSSR count). The fourth-order valence-corrected chi connectivity index (χ4v) is 13.5. The zero-order valence-electron chi connectivity index (χ0n) is 66.8. The number of esters is 2. The first-order chi connectivity index (χ1) is 56.0. The van der Waals surface area contributed by atoms with E-state index in [0.29, 0.717) is 60.0 Å². The Hall–Kier alpha value is -10.2. The number of nitrogens with one attached hydrogen (secondary N) is 10. The van der Waals surface area contributed by atoms with Gasteiger partial charge in [0.25, 0.3) is 6.47 Å². The number of aromatic hydroxyl groups is 1. The molecule has 40 heteroatoms. The summed E-state index contributed by atoms with van der Waals surface area (Å²) in [4.78, 5) is 207. The number of phenols is 1. The average Bonchev–Trinajstić information content (AvgIpc) is 1.47. The van der Waals surface area contributed by atoms with Crippen molar-refractivity contribution in [2.75, 3.05) is 113 Å². The van der Waals surface area contributed by atoms with E-state index in [9.17, 15) is 82.8 Å². The number of carbonyl (C=O) groups is 14. The van der Waals surface area contributed by atoms with Crippen LogP contribution in [0.15, 0.2) is 90.1 Å². The van der Waals surface area contributed by atoms with Crippen LogP contribution >= 0.6 is 0 Å². The van der Waals surface area contributed by atoms with Crippen LogP contribution in [0, 0.1) is 48.7 Å². The number of para-hydroxylation sites is 1. The number of nitrogens with zero attached hydrogens (tertiary/aromatic N) is 5. The monoisotopic (exact) mass is 1820 g/mol. The fraction of sp³-hybridized carbons (Fsp3) is 0.551. The summed E-state index contributed by atoms with van der Waals surface area (Å²) in [6, 6.07) is 6.73. The second kappa shape index (κ2) is 51.9. The van der Waals surface area contributed by atoms with E-state index in [4.69, 9.17) is 31.4 Å². The Morgan fingerprint density at radius 3 is 1.51 bits per heavy atom. The van der Waals surface area contributed by atoms with Crippen LogP contribution in [0.1, 0.15) is 94.7 Å². The molecule has 20 N–H and O–H groups in total. The molecule has 1 saturated heterocycles. The molecule has 10 amide bonds. The summed E-state index contributed by atoms with van der Waals surface area (Å²) in [5, 5.41) is 65.5. The van der Waals surface area contributed by atoms with Gasteiger partial charge < -0.3 is 105 Å². The number of aromatic amines is 1. The van der Waals surface area contributed by atoms with Crippen molar-refractivity contribution in [1.29, 1.82) is 0 Å². The molecule has 3 unspecified atom stereocenters. The number of nitrogens with two attached hydrogens (primary N) is 3. The summed E-state index contributed by atoms with van der Waals surface area (Å²) in [5.41, 5.74) is 18.9. The maximum atomic E-state index is 15.0. The van der Waals surface area contributed by atoms with Crippen LogP contribution in [-0.4, -0.2) is 301 Å². The van der Waals surface area contributed by atoms with Crippen LogP contribution in [0.3, 0.4) is 0 Å². The zero-order chi connectivity index (χ0) is 85.5. The second-order valence-electron chi connectivity index (χ2n) is 29.4. The molecule has 1 aliphatic heterocycles. The van der Waals surface area contributed by atoms with E-state index in [1.54, 1.807) is 89.3 Å². The van der Waals surface area contributed by atoms with Crippen molar-refractivity contribution >= 4 is 100 Å². The third kappa shape index (κ3) is 34.8. The maximum Gasteiger partial charge on any atom is 0.319 e. The number of benzene rings is 3. The molecule has 1 aromatic heterocycles. The fourth-order valence-electron chi connectivity index (χ4n) is 13.5. The number of primary amides is 1. The number of carbonyl (C=O) groups excluding carboxylic acids is 13. The third-order valence-corrected chi connectivity index (χ3v) is 20.0. The molecule has 118 heavy (non-hydrogen) atoms. The number of H-pyrrole nitrogens is 1. The predicted octanol–water partition coefficient (Wildman–Crippen LogP) is -4.02. The van der Waals surface area contributed by atoms with E-state index < -0.39 is 158 Å². The molecule has 1 aliphatic carbocycles. The van der Waals surface area contributed by atoms with Crippen LogP contribution in [0.5, 0.6) is 5.75 Å².